The van der Waals surface area contributed by atoms with Crippen LogP contribution in [0.25, 0.3) is 0 Å². The van der Waals surface area contributed by atoms with Gasteiger partial charge >= 0.3 is 6.18 Å². The second kappa shape index (κ2) is 7.79. The summed E-state index contributed by atoms with van der Waals surface area (Å²) in [5.74, 6) is -1.18. The van der Waals surface area contributed by atoms with E-state index >= 15 is 0 Å². The zero-order chi connectivity index (χ0) is 23.4. The average Bonchev–Trinajstić information content (AvgIpc) is 2.64. The molecule has 1 aliphatic carbocycles. The van der Waals surface area contributed by atoms with Gasteiger partial charge in [0, 0.05) is 28.9 Å². The molecule has 2 N–H and O–H groups in total. The smallest absolute Gasteiger partial charge is 0.343 e. The number of anilines is 1. The Balaban J connectivity index is 2.00. The van der Waals surface area contributed by atoms with Gasteiger partial charge in [0.15, 0.2) is 10.9 Å². The van der Waals surface area contributed by atoms with Crippen molar-refractivity contribution in [2.45, 2.75) is 63.0 Å². The summed E-state index contributed by atoms with van der Waals surface area (Å²) in [4.78, 5) is 33.6. The molecule has 1 aromatic carbocycles. The van der Waals surface area contributed by atoms with E-state index in [0.29, 0.717) is 17.3 Å². The number of nitrogens with one attached hydrogen (secondary N) is 2. The lowest BCUT2D eigenvalue weighted by molar-refractivity contribution is -0.138. The molecule has 0 spiro atoms. The molecule has 0 fully saturated rings. The Morgan fingerprint density at radius 1 is 1.16 bits per heavy atom. The maximum Gasteiger partial charge on any atom is 0.416 e. The number of ketones is 1. The molecule has 2 heterocycles. The zero-order valence-electron chi connectivity index (χ0n) is 18.2. The minimum atomic E-state index is -4.63. The summed E-state index contributed by atoms with van der Waals surface area (Å²) in [5.41, 5.74) is -1.06. The Hall–Kier alpha value is -2.55. The third kappa shape index (κ3) is 4.10. The van der Waals surface area contributed by atoms with Gasteiger partial charge in [-0.1, -0.05) is 57.7 Å². The van der Waals surface area contributed by atoms with Gasteiger partial charge in [0.1, 0.15) is 5.82 Å². The van der Waals surface area contributed by atoms with Crippen molar-refractivity contribution < 1.29 is 18.0 Å². The molecule has 1 aromatic heterocycles. The summed E-state index contributed by atoms with van der Waals surface area (Å²) in [6.45, 7) is 7.78. The molecule has 2 aromatic rings. The average molecular weight is 464 g/mol. The number of fused-ring (bicyclic) bond motifs is 1. The third-order valence-corrected chi connectivity index (χ3v) is 6.51. The first-order valence-corrected chi connectivity index (χ1v) is 11.3. The monoisotopic (exact) mass is 463 g/mol. The van der Waals surface area contributed by atoms with Crippen LogP contribution in [0.3, 0.4) is 0 Å². The van der Waals surface area contributed by atoms with E-state index < -0.39 is 23.2 Å². The summed E-state index contributed by atoms with van der Waals surface area (Å²) in [6.07, 6.45) is -3.97. The van der Waals surface area contributed by atoms with Gasteiger partial charge < -0.3 is 10.3 Å². The Labute approximate surface area is 187 Å². The highest BCUT2D eigenvalue weighted by Crippen LogP contribution is 2.49. The molecule has 0 amide bonds. The molecule has 4 rings (SSSR count). The predicted octanol–water partition coefficient (Wildman–Crippen LogP) is 5.49. The van der Waals surface area contributed by atoms with Crippen LogP contribution in [-0.4, -0.2) is 21.0 Å². The summed E-state index contributed by atoms with van der Waals surface area (Å²) in [5, 5.41) is 3.65. The van der Waals surface area contributed by atoms with Gasteiger partial charge in [-0.15, -0.1) is 0 Å². The van der Waals surface area contributed by atoms with Gasteiger partial charge in [0.05, 0.1) is 11.1 Å². The van der Waals surface area contributed by atoms with Crippen molar-refractivity contribution in [3.8, 4) is 0 Å². The number of allylic oxidation sites excluding steroid dienone is 2. The fourth-order valence-electron chi connectivity index (χ4n) is 4.49. The first-order chi connectivity index (χ1) is 14.9. The zero-order valence-corrected chi connectivity index (χ0v) is 19.0. The van der Waals surface area contributed by atoms with Gasteiger partial charge in [-0.05, 0) is 23.5 Å². The van der Waals surface area contributed by atoms with E-state index in [4.69, 9.17) is 0 Å². The first-order valence-electron chi connectivity index (χ1n) is 10.4. The number of hydrogen-bond donors (Lipinski definition) is 2. The predicted molar refractivity (Wildman–Crippen MR) is 118 cm³/mol. The maximum absolute atomic E-state index is 13.9. The summed E-state index contributed by atoms with van der Waals surface area (Å²) < 4.78 is 41.7. The van der Waals surface area contributed by atoms with Crippen molar-refractivity contribution in [3.63, 3.8) is 0 Å². The number of aromatic nitrogens is 2. The van der Waals surface area contributed by atoms with Gasteiger partial charge in [0.2, 0.25) is 0 Å². The summed E-state index contributed by atoms with van der Waals surface area (Å²) >= 11 is 1.35. The van der Waals surface area contributed by atoms with E-state index in [1.807, 2.05) is 27.7 Å². The van der Waals surface area contributed by atoms with Crippen LogP contribution >= 0.6 is 11.8 Å². The highest BCUT2D eigenvalue weighted by Gasteiger charge is 2.45. The van der Waals surface area contributed by atoms with E-state index in [2.05, 4.69) is 15.3 Å². The molecule has 0 saturated heterocycles. The number of carbonyl (C=O) groups is 1. The molecule has 5 nitrogen and oxygen atoms in total. The van der Waals surface area contributed by atoms with Crippen molar-refractivity contribution in [2.75, 3.05) is 5.32 Å². The quantitative estimate of drug-likeness (QED) is 0.465. The molecule has 2 aliphatic rings. The molecule has 1 aliphatic heterocycles. The number of thioether (sulfide) groups is 1. The molecular formula is C23H24F3N3O2S. The maximum atomic E-state index is 13.9. The van der Waals surface area contributed by atoms with E-state index in [1.165, 1.54) is 30.0 Å². The lowest BCUT2D eigenvalue weighted by Gasteiger charge is -2.39. The number of rotatable bonds is 3. The van der Waals surface area contributed by atoms with Crippen molar-refractivity contribution in [3.05, 3.63) is 62.6 Å². The molecule has 32 heavy (non-hydrogen) atoms. The molecular weight excluding hydrogens is 439 g/mol. The Morgan fingerprint density at radius 2 is 1.84 bits per heavy atom. The molecule has 1 atom stereocenters. The second-order valence-electron chi connectivity index (χ2n) is 9.28. The van der Waals surface area contributed by atoms with Crippen LogP contribution in [0.4, 0.5) is 19.0 Å². The molecule has 0 saturated carbocycles. The van der Waals surface area contributed by atoms with E-state index in [-0.39, 0.29) is 45.4 Å². The standard InChI is InChI=1S/C23H24F3N3O2S/c1-11(2)32-21-28-19-18(20(31)29-21)16(12-7-5-6-8-13(12)23(24,25)26)17-14(27-19)9-22(3,4)10-15(17)30/h5-8,11,16H,9-10H2,1-4H3,(H2,27,28,29,31). The van der Waals surface area contributed by atoms with Crippen molar-refractivity contribution in [1.82, 2.24) is 9.97 Å². The molecule has 9 heteroatoms. The number of carbonyl (C=O) groups excluding carboxylic acids is 1. The van der Waals surface area contributed by atoms with Crippen molar-refractivity contribution in [1.29, 1.82) is 0 Å². The van der Waals surface area contributed by atoms with Crippen LogP contribution in [0.1, 0.15) is 63.1 Å². The Morgan fingerprint density at radius 3 is 2.50 bits per heavy atom. The number of nitrogens with zero attached hydrogens (tertiary/aromatic N) is 1. The minimum Gasteiger partial charge on any atom is -0.343 e. The largest absolute Gasteiger partial charge is 0.416 e. The lowest BCUT2D eigenvalue weighted by Crippen LogP contribution is -2.37. The van der Waals surface area contributed by atoms with Crippen LogP contribution in [-0.2, 0) is 11.0 Å². The highest BCUT2D eigenvalue weighted by molar-refractivity contribution is 7.99. The summed E-state index contributed by atoms with van der Waals surface area (Å²) in [7, 11) is 0. The molecule has 0 bridgehead atoms. The van der Waals surface area contributed by atoms with Crippen LogP contribution in [0.5, 0.6) is 0 Å². The number of hydrogen-bond acceptors (Lipinski definition) is 5. The van der Waals surface area contributed by atoms with Gasteiger partial charge in [-0.3, -0.25) is 9.59 Å². The highest BCUT2D eigenvalue weighted by atomic mass is 32.2. The topological polar surface area (TPSA) is 74.8 Å². The third-order valence-electron chi connectivity index (χ3n) is 5.62. The van der Waals surface area contributed by atoms with Gasteiger partial charge in [-0.25, -0.2) is 4.98 Å². The van der Waals surface area contributed by atoms with E-state index in [0.717, 1.165) is 6.07 Å². The van der Waals surface area contributed by atoms with Crippen LogP contribution in [0.15, 0.2) is 45.5 Å². The number of halogens is 3. The van der Waals surface area contributed by atoms with Crippen molar-refractivity contribution >= 4 is 23.4 Å². The SMILES string of the molecule is CC(C)Sc1nc2c(c(=O)[nH]1)C(c1ccccc1C(F)(F)F)C1=C(CC(C)(C)CC1=O)N2. The number of H-pyrrole nitrogens is 1. The Bertz CT molecular complexity index is 1180. The fourth-order valence-corrected chi connectivity index (χ4v) is 5.23. The van der Waals surface area contributed by atoms with Crippen LogP contribution < -0.4 is 10.9 Å². The lowest BCUT2D eigenvalue weighted by atomic mass is 9.69. The normalized spacial score (nSPS) is 20.1. The summed E-state index contributed by atoms with van der Waals surface area (Å²) in [6, 6.07) is 5.13. The van der Waals surface area contributed by atoms with Gasteiger partial charge in [0.25, 0.3) is 5.56 Å². The number of benzene rings is 1. The molecule has 1 unspecified atom stereocenters. The molecule has 0 radical (unpaired) electrons. The minimum absolute atomic E-state index is 0.0432. The van der Waals surface area contributed by atoms with Crippen molar-refractivity contribution in [2.24, 2.45) is 5.41 Å². The van der Waals surface area contributed by atoms with Gasteiger partial charge in [-0.2, -0.15) is 13.2 Å². The van der Waals surface area contributed by atoms with Crippen LogP contribution in [0, 0.1) is 5.41 Å². The number of Topliss-reactive ketones (excluding diaryl/α,β-unsaturated/α-hetero) is 1. The second-order valence-corrected chi connectivity index (χ2v) is 10.8. The van der Waals surface area contributed by atoms with E-state index in [9.17, 15) is 22.8 Å². The number of aromatic amines is 1. The molecule has 170 valence electrons. The first kappa shape index (κ1) is 22.6. The van der Waals surface area contributed by atoms with Crippen LogP contribution in [0.2, 0.25) is 0 Å². The van der Waals surface area contributed by atoms with E-state index in [1.54, 1.807) is 0 Å². The fraction of sp³-hybridized carbons (Fsp3) is 0.435. The Kier molecular flexibility index (Phi) is 5.51. The number of alkyl halides is 3.